The van der Waals surface area contributed by atoms with Crippen molar-refractivity contribution in [3.63, 3.8) is 0 Å². The van der Waals surface area contributed by atoms with Gasteiger partial charge in [0.2, 0.25) is 0 Å². The third-order valence-corrected chi connectivity index (χ3v) is 4.15. The Morgan fingerprint density at radius 1 is 1.57 bits per heavy atom. The number of halogens is 1. The molecule has 0 N–H and O–H groups in total. The van der Waals surface area contributed by atoms with Gasteiger partial charge in [0.05, 0.1) is 11.1 Å². The molecule has 0 bridgehead atoms. The maximum Gasteiger partial charge on any atom is 0.0964 e. The largest absolute Gasteiger partial charge is 0.377 e. The highest BCUT2D eigenvalue weighted by molar-refractivity contribution is 9.10. The molecule has 1 aliphatic heterocycles. The fraction of sp³-hybridized carbons (Fsp3) is 0.500. The van der Waals surface area contributed by atoms with Gasteiger partial charge in [-0.05, 0) is 41.4 Å². The Morgan fingerprint density at radius 3 is 3.00 bits per heavy atom. The summed E-state index contributed by atoms with van der Waals surface area (Å²) in [6.07, 6.45) is 3.32. The van der Waals surface area contributed by atoms with E-state index >= 15 is 0 Å². The number of aromatic nitrogens is 1. The van der Waals surface area contributed by atoms with Crippen LogP contribution in [0.1, 0.15) is 13.3 Å². The van der Waals surface area contributed by atoms with Crippen molar-refractivity contribution in [2.45, 2.75) is 29.7 Å². The molecule has 0 radical (unpaired) electrons. The second-order valence-corrected chi connectivity index (χ2v) is 5.51. The van der Waals surface area contributed by atoms with Crippen molar-refractivity contribution in [1.29, 1.82) is 0 Å². The number of thioether (sulfide) groups is 1. The van der Waals surface area contributed by atoms with Crippen LogP contribution in [0, 0.1) is 0 Å². The zero-order chi connectivity index (χ0) is 9.97. The van der Waals surface area contributed by atoms with E-state index in [1.54, 1.807) is 0 Å². The molecule has 2 unspecified atom stereocenters. The van der Waals surface area contributed by atoms with Gasteiger partial charge in [-0.15, -0.1) is 11.8 Å². The van der Waals surface area contributed by atoms with Crippen molar-refractivity contribution < 1.29 is 4.74 Å². The molecule has 2 atom stereocenters. The van der Waals surface area contributed by atoms with E-state index in [2.05, 4.69) is 27.8 Å². The second-order valence-electron chi connectivity index (χ2n) is 3.34. The third-order valence-electron chi connectivity index (χ3n) is 2.28. The van der Waals surface area contributed by atoms with Gasteiger partial charge in [0, 0.05) is 22.5 Å². The highest BCUT2D eigenvalue weighted by Crippen LogP contribution is 2.31. The summed E-state index contributed by atoms with van der Waals surface area (Å²) in [5.41, 5.74) is 0. The fourth-order valence-corrected chi connectivity index (χ4v) is 2.74. The first kappa shape index (κ1) is 10.5. The first-order valence-electron chi connectivity index (χ1n) is 4.65. The average molecular weight is 274 g/mol. The summed E-state index contributed by atoms with van der Waals surface area (Å²) in [6.45, 7) is 3.01. The quantitative estimate of drug-likeness (QED) is 0.827. The highest BCUT2D eigenvalue weighted by atomic mass is 79.9. The molecule has 1 aromatic heterocycles. The summed E-state index contributed by atoms with van der Waals surface area (Å²) in [5.74, 6) is 0. The predicted octanol–water partition coefficient (Wildman–Crippen LogP) is 3.11. The van der Waals surface area contributed by atoms with Crippen LogP contribution in [0.15, 0.2) is 27.8 Å². The highest BCUT2D eigenvalue weighted by Gasteiger charge is 2.25. The van der Waals surface area contributed by atoms with Crippen LogP contribution in [0.2, 0.25) is 0 Å². The lowest BCUT2D eigenvalue weighted by Crippen LogP contribution is -2.13. The SMILES string of the molecule is CC1OCCC1Sc1ccc(Br)cn1. The lowest BCUT2D eigenvalue weighted by molar-refractivity contribution is 0.127. The van der Waals surface area contributed by atoms with E-state index in [1.807, 2.05) is 30.1 Å². The Balaban J connectivity index is 2.00. The summed E-state index contributed by atoms with van der Waals surface area (Å²) in [6, 6.07) is 4.07. The van der Waals surface area contributed by atoms with Crippen molar-refractivity contribution in [3.05, 3.63) is 22.8 Å². The number of pyridine rings is 1. The number of hydrogen-bond acceptors (Lipinski definition) is 3. The molecule has 2 heterocycles. The Labute approximate surface area is 96.6 Å². The molecule has 1 aromatic rings. The van der Waals surface area contributed by atoms with E-state index in [1.165, 1.54) is 0 Å². The molecule has 4 heteroatoms. The Kier molecular flexibility index (Phi) is 3.47. The Hall–Kier alpha value is -0.0600. The van der Waals surface area contributed by atoms with Crippen LogP contribution < -0.4 is 0 Å². The van der Waals surface area contributed by atoms with Crippen molar-refractivity contribution in [3.8, 4) is 0 Å². The molecule has 76 valence electrons. The molecule has 0 amide bonds. The monoisotopic (exact) mass is 273 g/mol. The number of hydrogen-bond donors (Lipinski definition) is 0. The minimum absolute atomic E-state index is 0.352. The van der Waals surface area contributed by atoms with Crippen molar-refractivity contribution in [1.82, 2.24) is 4.98 Å². The summed E-state index contributed by atoms with van der Waals surface area (Å²) in [7, 11) is 0. The van der Waals surface area contributed by atoms with Crippen LogP contribution in [-0.2, 0) is 4.74 Å². The maximum atomic E-state index is 5.50. The van der Waals surface area contributed by atoms with Gasteiger partial charge < -0.3 is 4.74 Å². The molecule has 1 aliphatic rings. The predicted molar refractivity (Wildman–Crippen MR) is 61.6 cm³/mol. The Morgan fingerprint density at radius 2 is 2.43 bits per heavy atom. The number of ether oxygens (including phenoxy) is 1. The lowest BCUT2D eigenvalue weighted by Gasteiger charge is -2.12. The molecule has 0 spiro atoms. The van der Waals surface area contributed by atoms with E-state index in [9.17, 15) is 0 Å². The van der Waals surface area contributed by atoms with Gasteiger partial charge in [-0.25, -0.2) is 4.98 Å². The summed E-state index contributed by atoms with van der Waals surface area (Å²) >= 11 is 5.18. The fourth-order valence-electron chi connectivity index (χ4n) is 1.45. The van der Waals surface area contributed by atoms with Gasteiger partial charge in [-0.3, -0.25) is 0 Å². The molecule has 1 fully saturated rings. The first-order chi connectivity index (χ1) is 6.75. The van der Waals surface area contributed by atoms with Crippen molar-refractivity contribution in [2.75, 3.05) is 6.61 Å². The molecule has 0 aliphatic carbocycles. The molecule has 2 nitrogen and oxygen atoms in total. The number of nitrogens with zero attached hydrogens (tertiary/aromatic N) is 1. The number of rotatable bonds is 2. The van der Waals surface area contributed by atoms with E-state index in [-0.39, 0.29) is 0 Å². The molecule has 0 aromatic carbocycles. The molecule has 0 saturated carbocycles. The second kappa shape index (κ2) is 4.64. The maximum absolute atomic E-state index is 5.50. The topological polar surface area (TPSA) is 22.1 Å². The zero-order valence-electron chi connectivity index (χ0n) is 7.94. The zero-order valence-corrected chi connectivity index (χ0v) is 10.3. The van der Waals surface area contributed by atoms with E-state index in [0.29, 0.717) is 11.4 Å². The van der Waals surface area contributed by atoms with Gasteiger partial charge in [0.25, 0.3) is 0 Å². The normalized spacial score (nSPS) is 26.7. The standard InChI is InChI=1S/C10H12BrNOS/c1-7-9(4-5-13-7)14-10-3-2-8(11)6-12-10/h2-3,6-7,9H,4-5H2,1H3. The van der Waals surface area contributed by atoms with Crippen LogP contribution in [-0.4, -0.2) is 22.9 Å². The molecular weight excluding hydrogens is 262 g/mol. The summed E-state index contributed by atoms with van der Waals surface area (Å²) in [5, 5.41) is 1.64. The smallest absolute Gasteiger partial charge is 0.0964 e. The van der Waals surface area contributed by atoms with Gasteiger partial charge in [-0.2, -0.15) is 0 Å². The molecule has 14 heavy (non-hydrogen) atoms. The van der Waals surface area contributed by atoms with Crippen molar-refractivity contribution >= 4 is 27.7 Å². The van der Waals surface area contributed by atoms with Crippen LogP contribution in [0.3, 0.4) is 0 Å². The van der Waals surface area contributed by atoms with Gasteiger partial charge >= 0.3 is 0 Å². The van der Waals surface area contributed by atoms with Crippen LogP contribution in [0.25, 0.3) is 0 Å². The molecule has 1 saturated heterocycles. The minimum Gasteiger partial charge on any atom is -0.377 e. The molecular formula is C10H12BrNOS. The minimum atomic E-state index is 0.352. The van der Waals surface area contributed by atoms with Crippen LogP contribution in [0.4, 0.5) is 0 Å². The van der Waals surface area contributed by atoms with Crippen LogP contribution >= 0.6 is 27.7 Å². The third kappa shape index (κ3) is 2.49. The van der Waals surface area contributed by atoms with Crippen LogP contribution in [0.5, 0.6) is 0 Å². The van der Waals surface area contributed by atoms with E-state index in [0.717, 1.165) is 22.5 Å². The summed E-state index contributed by atoms with van der Waals surface area (Å²) < 4.78 is 6.53. The first-order valence-corrected chi connectivity index (χ1v) is 6.33. The van der Waals surface area contributed by atoms with E-state index in [4.69, 9.17) is 4.74 Å². The average Bonchev–Trinajstić information content (AvgIpc) is 2.56. The van der Waals surface area contributed by atoms with Crippen molar-refractivity contribution in [2.24, 2.45) is 0 Å². The van der Waals surface area contributed by atoms with Gasteiger partial charge in [0.1, 0.15) is 0 Å². The molecule has 2 rings (SSSR count). The van der Waals surface area contributed by atoms with Gasteiger partial charge in [0.15, 0.2) is 0 Å². The van der Waals surface area contributed by atoms with E-state index < -0.39 is 0 Å². The lowest BCUT2D eigenvalue weighted by atomic mass is 10.3. The summed E-state index contributed by atoms with van der Waals surface area (Å²) in [4.78, 5) is 4.34. The van der Waals surface area contributed by atoms with Gasteiger partial charge in [-0.1, -0.05) is 0 Å². The Bertz CT molecular complexity index is 303.